The molecule has 0 unspecified atom stereocenters. The second-order valence-electron chi connectivity index (χ2n) is 7.61. The highest BCUT2D eigenvalue weighted by atomic mass is 32.2. The number of carbonyl (C=O) groups is 1. The van der Waals surface area contributed by atoms with Crippen LogP contribution in [0.15, 0.2) is 54.3 Å². The molecule has 1 N–H and O–H groups in total. The van der Waals surface area contributed by atoms with Gasteiger partial charge in [-0.05, 0) is 24.1 Å². The zero-order chi connectivity index (χ0) is 21.5. The molecule has 0 bridgehead atoms. The van der Waals surface area contributed by atoms with Crippen LogP contribution in [0.4, 0.5) is 4.79 Å². The molecule has 3 aromatic rings. The number of piperazine rings is 1. The van der Waals surface area contributed by atoms with Gasteiger partial charge in [0.05, 0.1) is 12.0 Å². The summed E-state index contributed by atoms with van der Waals surface area (Å²) in [7, 11) is 1.98. The maximum atomic E-state index is 12.5. The van der Waals surface area contributed by atoms with Crippen molar-refractivity contribution in [1.82, 2.24) is 29.3 Å². The van der Waals surface area contributed by atoms with Crippen LogP contribution in [0.3, 0.4) is 0 Å². The van der Waals surface area contributed by atoms with Crippen molar-refractivity contribution in [3.8, 4) is 5.75 Å². The summed E-state index contributed by atoms with van der Waals surface area (Å²) >= 11 is 1.69. The second-order valence-corrected chi connectivity index (χ2v) is 8.70. The molecular weight excluding hydrogens is 412 g/mol. The van der Waals surface area contributed by atoms with Crippen molar-refractivity contribution in [3.63, 3.8) is 0 Å². The molecule has 4 rings (SSSR count). The van der Waals surface area contributed by atoms with Crippen LogP contribution in [0.1, 0.15) is 11.3 Å². The van der Waals surface area contributed by atoms with Crippen LogP contribution in [-0.4, -0.2) is 73.9 Å². The van der Waals surface area contributed by atoms with E-state index < -0.39 is 0 Å². The Morgan fingerprint density at radius 1 is 1.13 bits per heavy atom. The number of H-pyrrole nitrogens is 1. The van der Waals surface area contributed by atoms with E-state index in [1.165, 1.54) is 5.56 Å². The van der Waals surface area contributed by atoms with Crippen molar-refractivity contribution in [2.75, 3.05) is 38.5 Å². The lowest BCUT2D eigenvalue weighted by atomic mass is 10.2. The van der Waals surface area contributed by atoms with Crippen molar-refractivity contribution >= 4 is 17.9 Å². The second kappa shape index (κ2) is 10.5. The van der Waals surface area contributed by atoms with Gasteiger partial charge in [-0.1, -0.05) is 23.9 Å². The number of hydrogen-bond donors (Lipinski definition) is 1. The summed E-state index contributed by atoms with van der Waals surface area (Å²) < 4.78 is 7.54. The number of imidazole rings is 2. The number of hydrogen-bond acceptors (Lipinski definition) is 6. The lowest BCUT2D eigenvalue weighted by Crippen LogP contribution is -2.49. The van der Waals surface area contributed by atoms with Gasteiger partial charge < -0.3 is 19.2 Å². The Morgan fingerprint density at radius 2 is 1.94 bits per heavy atom. The molecule has 1 amide bonds. The highest BCUT2D eigenvalue weighted by Gasteiger charge is 2.22. The van der Waals surface area contributed by atoms with Crippen molar-refractivity contribution in [2.24, 2.45) is 7.05 Å². The number of rotatable bonds is 8. The van der Waals surface area contributed by atoms with E-state index in [0.717, 1.165) is 49.1 Å². The van der Waals surface area contributed by atoms with Gasteiger partial charge in [-0.25, -0.2) is 14.8 Å². The van der Waals surface area contributed by atoms with Gasteiger partial charge in [0.15, 0.2) is 5.16 Å². The Kier molecular flexibility index (Phi) is 7.26. The van der Waals surface area contributed by atoms with Crippen molar-refractivity contribution in [3.05, 3.63) is 60.4 Å². The van der Waals surface area contributed by atoms with E-state index in [-0.39, 0.29) is 6.09 Å². The molecule has 1 aliphatic rings. The summed E-state index contributed by atoms with van der Waals surface area (Å²) in [6, 6.07) is 7.77. The molecule has 0 atom stereocenters. The Bertz CT molecular complexity index is 949. The first kappa shape index (κ1) is 21.5. The van der Waals surface area contributed by atoms with Gasteiger partial charge in [-0.2, -0.15) is 0 Å². The van der Waals surface area contributed by atoms with Crippen molar-refractivity contribution < 1.29 is 9.53 Å². The Balaban J connectivity index is 1.16. The topological polar surface area (TPSA) is 79.3 Å². The highest BCUT2D eigenvalue weighted by Crippen LogP contribution is 2.18. The van der Waals surface area contributed by atoms with Gasteiger partial charge in [0.1, 0.15) is 5.75 Å². The number of aromatic amines is 1. The summed E-state index contributed by atoms with van der Waals surface area (Å²) in [5.74, 6) is 1.53. The molecule has 1 aromatic carbocycles. The first-order valence-electron chi connectivity index (χ1n) is 10.5. The fourth-order valence-corrected chi connectivity index (χ4v) is 4.33. The fourth-order valence-electron chi connectivity index (χ4n) is 3.51. The molecule has 1 fully saturated rings. The van der Waals surface area contributed by atoms with E-state index in [4.69, 9.17) is 4.74 Å². The Morgan fingerprint density at radius 3 is 2.61 bits per heavy atom. The minimum Gasteiger partial charge on any atom is -0.410 e. The van der Waals surface area contributed by atoms with E-state index in [9.17, 15) is 4.79 Å². The number of aromatic nitrogens is 4. The third-order valence-corrected chi connectivity index (χ3v) is 6.21. The third-order valence-electron chi connectivity index (χ3n) is 5.30. The first-order valence-corrected chi connectivity index (χ1v) is 11.5. The van der Waals surface area contributed by atoms with E-state index in [2.05, 4.69) is 26.0 Å². The van der Waals surface area contributed by atoms with Gasteiger partial charge in [0, 0.05) is 70.5 Å². The van der Waals surface area contributed by atoms with Crippen molar-refractivity contribution in [2.45, 2.75) is 18.0 Å². The van der Waals surface area contributed by atoms with Crippen molar-refractivity contribution in [1.29, 1.82) is 0 Å². The SMILES string of the molecule is Cn1cnc(CCN2CCN(C(=O)Oc3ccc(CCSc4ncc[nH]4)cc3)CC2)c1. The van der Waals surface area contributed by atoms with Gasteiger partial charge >= 0.3 is 6.09 Å². The van der Waals surface area contributed by atoms with Crippen LogP contribution in [0.5, 0.6) is 5.75 Å². The molecule has 164 valence electrons. The number of nitrogens with one attached hydrogen (secondary N) is 1. The average molecular weight is 441 g/mol. The zero-order valence-electron chi connectivity index (χ0n) is 17.7. The van der Waals surface area contributed by atoms with Crippen LogP contribution < -0.4 is 4.74 Å². The highest BCUT2D eigenvalue weighted by molar-refractivity contribution is 7.99. The number of benzene rings is 1. The molecule has 1 saturated heterocycles. The smallest absolute Gasteiger partial charge is 0.410 e. The third kappa shape index (κ3) is 6.35. The van der Waals surface area contributed by atoms with Crippen LogP contribution in [0.25, 0.3) is 0 Å². The first-order chi connectivity index (χ1) is 15.2. The molecule has 1 aliphatic heterocycles. The summed E-state index contributed by atoms with van der Waals surface area (Å²) in [6.45, 7) is 4.04. The molecular formula is C22H28N6O2S. The molecule has 3 heterocycles. The summed E-state index contributed by atoms with van der Waals surface area (Å²) in [5.41, 5.74) is 2.31. The Labute approximate surface area is 186 Å². The quantitative estimate of drug-likeness (QED) is 0.543. The molecule has 0 aliphatic carbocycles. The molecule has 0 spiro atoms. The lowest BCUT2D eigenvalue weighted by Gasteiger charge is -2.33. The van der Waals surface area contributed by atoms with Gasteiger partial charge in [-0.3, -0.25) is 4.90 Å². The minimum absolute atomic E-state index is 0.273. The van der Waals surface area contributed by atoms with Gasteiger partial charge in [0.25, 0.3) is 0 Å². The minimum atomic E-state index is -0.273. The van der Waals surface area contributed by atoms with Crippen LogP contribution in [0.2, 0.25) is 0 Å². The number of amides is 1. The normalized spacial score (nSPS) is 14.7. The van der Waals surface area contributed by atoms with E-state index in [1.807, 2.05) is 48.4 Å². The van der Waals surface area contributed by atoms with E-state index in [1.54, 1.807) is 22.9 Å². The number of aryl methyl sites for hydroxylation is 2. The number of carbonyl (C=O) groups excluding carboxylic acids is 1. The predicted molar refractivity (Wildman–Crippen MR) is 120 cm³/mol. The lowest BCUT2D eigenvalue weighted by molar-refractivity contribution is 0.111. The number of nitrogens with zero attached hydrogens (tertiary/aromatic N) is 5. The summed E-state index contributed by atoms with van der Waals surface area (Å²) in [4.78, 5) is 28.3. The molecule has 0 radical (unpaired) electrons. The monoisotopic (exact) mass is 440 g/mol. The predicted octanol–water partition coefficient (Wildman–Crippen LogP) is 2.84. The van der Waals surface area contributed by atoms with Gasteiger partial charge in [0.2, 0.25) is 0 Å². The summed E-state index contributed by atoms with van der Waals surface area (Å²) in [5, 5.41) is 0.933. The number of thioether (sulfide) groups is 1. The maximum Gasteiger partial charge on any atom is 0.415 e. The molecule has 0 saturated carbocycles. The molecule has 9 heteroatoms. The molecule has 2 aromatic heterocycles. The van der Waals surface area contributed by atoms with Crippen LogP contribution in [0, 0.1) is 0 Å². The van der Waals surface area contributed by atoms with Gasteiger partial charge in [-0.15, -0.1) is 0 Å². The average Bonchev–Trinajstić information content (AvgIpc) is 3.45. The van der Waals surface area contributed by atoms with Crippen LogP contribution in [-0.2, 0) is 19.9 Å². The maximum absolute atomic E-state index is 12.5. The molecule has 31 heavy (non-hydrogen) atoms. The summed E-state index contributed by atoms with van der Waals surface area (Å²) in [6.07, 6.45) is 9.05. The van der Waals surface area contributed by atoms with Crippen LogP contribution >= 0.6 is 11.8 Å². The molecule has 8 nitrogen and oxygen atoms in total. The zero-order valence-corrected chi connectivity index (χ0v) is 18.6. The fraction of sp³-hybridized carbons (Fsp3) is 0.409. The number of ether oxygens (including phenoxy) is 1. The van der Waals surface area contributed by atoms with E-state index in [0.29, 0.717) is 18.8 Å². The largest absolute Gasteiger partial charge is 0.415 e. The van der Waals surface area contributed by atoms with E-state index >= 15 is 0 Å². The standard InChI is InChI=1S/C22H28N6O2S/c1-26-16-19(25-17-26)6-10-27-11-13-28(14-12-27)22(29)30-20-4-2-18(3-5-20)7-15-31-21-23-8-9-24-21/h2-5,8-9,16-17H,6-7,10-15H2,1H3,(H,23,24). The Hall–Kier alpha value is -2.78.